The molecule has 0 unspecified atom stereocenters. The monoisotopic (exact) mass is 190 g/mol. The summed E-state index contributed by atoms with van der Waals surface area (Å²) in [6, 6.07) is -0.450. The fourth-order valence-electron chi connectivity index (χ4n) is 1.07. The maximum Gasteiger partial charge on any atom is 0.320 e. The SMILES string of the molecule is CN[C@@H](CCCCNCO)C(=O)O. The summed E-state index contributed by atoms with van der Waals surface area (Å²) in [6.45, 7) is 0.709. The topological polar surface area (TPSA) is 81.6 Å². The Kier molecular flexibility index (Phi) is 7.57. The Morgan fingerprint density at radius 3 is 2.62 bits per heavy atom. The molecule has 0 aromatic carbocycles. The van der Waals surface area contributed by atoms with Crippen LogP contribution in [0.15, 0.2) is 0 Å². The first-order valence-corrected chi connectivity index (χ1v) is 4.44. The Morgan fingerprint density at radius 2 is 2.15 bits per heavy atom. The number of likely N-dealkylation sites (N-methyl/N-ethyl adjacent to an activating group) is 1. The fourth-order valence-corrected chi connectivity index (χ4v) is 1.07. The fraction of sp³-hybridized carbons (Fsp3) is 0.875. The molecule has 0 aliphatic heterocycles. The molecule has 0 aliphatic rings. The van der Waals surface area contributed by atoms with Crippen molar-refractivity contribution in [1.29, 1.82) is 0 Å². The van der Waals surface area contributed by atoms with Gasteiger partial charge in [0.1, 0.15) is 6.04 Å². The minimum Gasteiger partial charge on any atom is -0.480 e. The molecule has 0 saturated heterocycles. The van der Waals surface area contributed by atoms with E-state index in [0.29, 0.717) is 6.42 Å². The van der Waals surface area contributed by atoms with Crippen LogP contribution < -0.4 is 10.6 Å². The van der Waals surface area contributed by atoms with E-state index >= 15 is 0 Å². The molecule has 0 spiro atoms. The number of carboxylic acids is 1. The summed E-state index contributed by atoms with van der Waals surface area (Å²) in [5.41, 5.74) is 0. The highest BCUT2D eigenvalue weighted by atomic mass is 16.4. The molecule has 0 aliphatic carbocycles. The van der Waals surface area contributed by atoms with Gasteiger partial charge in [-0.25, -0.2) is 0 Å². The molecule has 4 N–H and O–H groups in total. The maximum absolute atomic E-state index is 10.5. The van der Waals surface area contributed by atoms with Gasteiger partial charge in [0.25, 0.3) is 0 Å². The van der Waals surface area contributed by atoms with Crippen LogP contribution in [0.5, 0.6) is 0 Å². The van der Waals surface area contributed by atoms with Gasteiger partial charge in [0.2, 0.25) is 0 Å². The van der Waals surface area contributed by atoms with Crippen LogP contribution in [0.3, 0.4) is 0 Å². The zero-order chi connectivity index (χ0) is 10.1. The van der Waals surface area contributed by atoms with Gasteiger partial charge in [-0.3, -0.25) is 10.1 Å². The molecule has 0 amide bonds. The van der Waals surface area contributed by atoms with Crippen molar-refractivity contribution in [2.75, 3.05) is 20.3 Å². The van der Waals surface area contributed by atoms with Gasteiger partial charge in [-0.15, -0.1) is 0 Å². The van der Waals surface area contributed by atoms with Gasteiger partial charge >= 0.3 is 5.97 Å². The number of carboxylic acid groups (broad SMARTS) is 1. The molecule has 78 valence electrons. The molecule has 5 nitrogen and oxygen atoms in total. The highest BCUT2D eigenvalue weighted by molar-refractivity contribution is 5.73. The van der Waals surface area contributed by atoms with Gasteiger partial charge in [-0.05, 0) is 26.4 Å². The predicted molar refractivity (Wildman–Crippen MR) is 49.4 cm³/mol. The van der Waals surface area contributed by atoms with Crippen LogP contribution >= 0.6 is 0 Å². The van der Waals surface area contributed by atoms with Crippen molar-refractivity contribution < 1.29 is 15.0 Å². The molecular weight excluding hydrogens is 172 g/mol. The average Bonchev–Trinajstić information content (AvgIpc) is 2.10. The van der Waals surface area contributed by atoms with Crippen LogP contribution in [0.4, 0.5) is 0 Å². The van der Waals surface area contributed by atoms with E-state index in [1.165, 1.54) is 0 Å². The van der Waals surface area contributed by atoms with Crippen LogP contribution in [0.2, 0.25) is 0 Å². The van der Waals surface area contributed by atoms with Gasteiger partial charge in [0.05, 0.1) is 6.73 Å². The van der Waals surface area contributed by atoms with Crippen LogP contribution in [-0.2, 0) is 4.79 Å². The normalized spacial score (nSPS) is 12.8. The summed E-state index contributed by atoms with van der Waals surface area (Å²) in [6.07, 6.45) is 2.34. The molecule has 0 rings (SSSR count). The first-order chi connectivity index (χ1) is 6.22. The lowest BCUT2D eigenvalue weighted by Gasteiger charge is -2.10. The molecule has 0 radical (unpaired) electrons. The lowest BCUT2D eigenvalue weighted by molar-refractivity contribution is -0.139. The van der Waals surface area contributed by atoms with Gasteiger partial charge in [0, 0.05) is 0 Å². The molecule has 5 heteroatoms. The number of rotatable bonds is 8. The summed E-state index contributed by atoms with van der Waals surface area (Å²) in [5.74, 6) is -0.808. The number of hydrogen-bond acceptors (Lipinski definition) is 4. The number of unbranched alkanes of at least 4 members (excludes halogenated alkanes) is 1. The van der Waals surface area contributed by atoms with Gasteiger partial charge in [0.15, 0.2) is 0 Å². The molecule has 0 fully saturated rings. The molecule has 13 heavy (non-hydrogen) atoms. The summed E-state index contributed by atoms with van der Waals surface area (Å²) >= 11 is 0. The smallest absolute Gasteiger partial charge is 0.320 e. The Hall–Kier alpha value is -0.650. The highest BCUT2D eigenvalue weighted by Gasteiger charge is 2.12. The van der Waals surface area contributed by atoms with Crippen LogP contribution in [-0.4, -0.2) is 42.5 Å². The second kappa shape index (κ2) is 7.97. The minimum atomic E-state index is -0.808. The number of hydrogen-bond donors (Lipinski definition) is 4. The van der Waals surface area contributed by atoms with Crippen LogP contribution in [0, 0.1) is 0 Å². The van der Waals surface area contributed by atoms with Crippen molar-refractivity contribution in [3.63, 3.8) is 0 Å². The zero-order valence-electron chi connectivity index (χ0n) is 7.92. The minimum absolute atomic E-state index is 0.0195. The lowest BCUT2D eigenvalue weighted by atomic mass is 10.1. The van der Waals surface area contributed by atoms with Crippen molar-refractivity contribution in [1.82, 2.24) is 10.6 Å². The number of aliphatic hydroxyl groups excluding tert-OH is 1. The number of aliphatic carboxylic acids is 1. The van der Waals surface area contributed by atoms with Crippen molar-refractivity contribution in [2.45, 2.75) is 25.3 Å². The molecule has 1 atom stereocenters. The molecule has 0 aromatic heterocycles. The number of aliphatic hydroxyl groups is 1. The quantitative estimate of drug-likeness (QED) is 0.302. The summed E-state index contributed by atoms with van der Waals surface area (Å²) in [5, 5.41) is 22.5. The third kappa shape index (κ3) is 6.51. The van der Waals surface area contributed by atoms with Crippen molar-refractivity contribution in [2.24, 2.45) is 0 Å². The number of carbonyl (C=O) groups is 1. The van der Waals surface area contributed by atoms with Gasteiger partial charge in [-0.2, -0.15) is 0 Å². The Morgan fingerprint density at radius 1 is 1.46 bits per heavy atom. The van der Waals surface area contributed by atoms with Gasteiger partial charge < -0.3 is 15.5 Å². The average molecular weight is 190 g/mol. The van der Waals surface area contributed by atoms with E-state index in [4.69, 9.17) is 10.2 Å². The Labute approximate surface area is 78.1 Å². The molecule has 0 saturated carbocycles. The van der Waals surface area contributed by atoms with Gasteiger partial charge in [-0.1, -0.05) is 6.42 Å². The second-order valence-corrected chi connectivity index (χ2v) is 2.83. The van der Waals surface area contributed by atoms with E-state index in [0.717, 1.165) is 19.4 Å². The van der Waals surface area contributed by atoms with Crippen molar-refractivity contribution in [3.05, 3.63) is 0 Å². The maximum atomic E-state index is 10.5. The van der Waals surface area contributed by atoms with E-state index in [1.54, 1.807) is 7.05 Å². The second-order valence-electron chi connectivity index (χ2n) is 2.83. The highest BCUT2D eigenvalue weighted by Crippen LogP contribution is 1.99. The predicted octanol–water partition coefficient (Wildman–Crippen LogP) is -0.631. The van der Waals surface area contributed by atoms with Crippen molar-refractivity contribution >= 4 is 5.97 Å². The lowest BCUT2D eigenvalue weighted by Crippen LogP contribution is -2.33. The summed E-state index contributed by atoms with van der Waals surface area (Å²) in [4.78, 5) is 10.5. The summed E-state index contributed by atoms with van der Waals surface area (Å²) < 4.78 is 0. The zero-order valence-corrected chi connectivity index (χ0v) is 7.92. The third-order valence-corrected chi connectivity index (χ3v) is 1.85. The largest absolute Gasteiger partial charge is 0.480 e. The molecule has 0 heterocycles. The van der Waals surface area contributed by atoms with Crippen LogP contribution in [0.1, 0.15) is 19.3 Å². The first kappa shape index (κ1) is 12.3. The van der Waals surface area contributed by atoms with Crippen molar-refractivity contribution in [3.8, 4) is 0 Å². The Balaban J connectivity index is 3.33. The van der Waals surface area contributed by atoms with E-state index in [2.05, 4.69) is 10.6 Å². The van der Waals surface area contributed by atoms with Crippen LogP contribution in [0.25, 0.3) is 0 Å². The molecule has 0 bridgehead atoms. The van der Waals surface area contributed by atoms with E-state index in [-0.39, 0.29) is 6.73 Å². The summed E-state index contributed by atoms with van der Waals surface area (Å²) in [7, 11) is 1.64. The standard InChI is InChI=1S/C8H18N2O3/c1-9-7(8(12)13)4-2-3-5-10-6-11/h7,9-11H,2-6H2,1H3,(H,12,13)/t7-/m0/s1. The number of nitrogens with one attached hydrogen (secondary N) is 2. The molecule has 0 aromatic rings. The van der Waals surface area contributed by atoms with E-state index < -0.39 is 12.0 Å². The van der Waals surface area contributed by atoms with E-state index in [9.17, 15) is 4.79 Å². The van der Waals surface area contributed by atoms with E-state index in [1.807, 2.05) is 0 Å². The third-order valence-electron chi connectivity index (χ3n) is 1.85. The Bertz CT molecular complexity index is 141. The first-order valence-electron chi connectivity index (χ1n) is 4.44. The molecular formula is C8H18N2O3.